The van der Waals surface area contributed by atoms with Gasteiger partial charge in [-0.2, -0.15) is 0 Å². The molecule has 24 heavy (non-hydrogen) atoms. The van der Waals surface area contributed by atoms with Crippen LogP contribution in [0.5, 0.6) is 5.75 Å². The molecule has 0 aliphatic carbocycles. The Morgan fingerprint density at radius 3 is 2.38 bits per heavy atom. The zero-order valence-corrected chi connectivity index (χ0v) is 14.5. The lowest BCUT2D eigenvalue weighted by atomic mass is 10.0. The van der Waals surface area contributed by atoms with Crippen LogP contribution in [0.4, 0.5) is 10.8 Å². The SMILES string of the molecule is CC[n+]1c(Nc2ccccc2)sc2c(C)c(O)c3ccccc3c21. The lowest BCUT2D eigenvalue weighted by Gasteiger charge is -2.06. The first kappa shape index (κ1) is 15.0. The van der Waals surface area contributed by atoms with E-state index in [2.05, 4.69) is 35.0 Å². The van der Waals surface area contributed by atoms with Crippen molar-refractivity contribution in [3.8, 4) is 5.75 Å². The number of benzene rings is 3. The summed E-state index contributed by atoms with van der Waals surface area (Å²) in [6.07, 6.45) is 0. The van der Waals surface area contributed by atoms with Crippen molar-refractivity contribution in [2.75, 3.05) is 5.32 Å². The maximum absolute atomic E-state index is 10.6. The number of nitrogens with one attached hydrogen (secondary N) is 1. The number of phenols is 1. The van der Waals surface area contributed by atoms with Crippen LogP contribution >= 0.6 is 11.3 Å². The van der Waals surface area contributed by atoms with Crippen molar-refractivity contribution >= 4 is 43.1 Å². The molecule has 3 aromatic carbocycles. The molecular formula is C20H19N2OS+. The van der Waals surface area contributed by atoms with Crippen molar-refractivity contribution < 1.29 is 9.67 Å². The minimum atomic E-state index is 0.383. The van der Waals surface area contributed by atoms with Crippen molar-refractivity contribution in [1.82, 2.24) is 0 Å². The van der Waals surface area contributed by atoms with Crippen molar-refractivity contribution in [3.63, 3.8) is 0 Å². The topological polar surface area (TPSA) is 36.1 Å². The van der Waals surface area contributed by atoms with E-state index in [0.29, 0.717) is 5.75 Å². The Balaban J connectivity index is 2.03. The number of phenolic OH excluding ortho intramolecular Hbond substituents is 1. The van der Waals surface area contributed by atoms with E-state index in [4.69, 9.17) is 0 Å². The number of para-hydroxylation sites is 1. The molecule has 0 saturated heterocycles. The summed E-state index contributed by atoms with van der Waals surface area (Å²) in [7, 11) is 0. The average molecular weight is 335 g/mol. The molecule has 120 valence electrons. The maximum atomic E-state index is 10.6. The van der Waals surface area contributed by atoms with Gasteiger partial charge in [-0.25, -0.2) is 9.88 Å². The fourth-order valence-corrected chi connectivity index (χ4v) is 4.45. The number of aryl methyl sites for hydroxylation is 2. The van der Waals surface area contributed by atoms with Gasteiger partial charge in [0.15, 0.2) is 5.52 Å². The van der Waals surface area contributed by atoms with E-state index in [9.17, 15) is 5.11 Å². The second kappa shape index (κ2) is 5.80. The Morgan fingerprint density at radius 1 is 1.00 bits per heavy atom. The van der Waals surface area contributed by atoms with Crippen LogP contribution in [0.15, 0.2) is 54.6 Å². The molecular weight excluding hydrogens is 316 g/mol. The highest BCUT2D eigenvalue weighted by Crippen LogP contribution is 2.40. The van der Waals surface area contributed by atoms with Crippen LogP contribution in [-0.4, -0.2) is 5.11 Å². The van der Waals surface area contributed by atoms with Crippen LogP contribution in [-0.2, 0) is 6.54 Å². The van der Waals surface area contributed by atoms with Gasteiger partial charge in [0, 0.05) is 16.3 Å². The summed E-state index contributed by atoms with van der Waals surface area (Å²) in [4.78, 5) is 0. The first-order valence-electron chi connectivity index (χ1n) is 8.09. The molecule has 0 atom stereocenters. The van der Waals surface area contributed by atoms with Gasteiger partial charge in [0.1, 0.15) is 11.4 Å². The molecule has 4 heteroatoms. The van der Waals surface area contributed by atoms with E-state index in [-0.39, 0.29) is 0 Å². The predicted molar refractivity (Wildman–Crippen MR) is 101 cm³/mol. The molecule has 0 fully saturated rings. The largest absolute Gasteiger partial charge is 0.507 e. The quantitative estimate of drug-likeness (QED) is 0.510. The molecule has 0 saturated carbocycles. The number of thiazole rings is 1. The number of fused-ring (bicyclic) bond motifs is 3. The molecule has 0 aliphatic heterocycles. The first-order valence-corrected chi connectivity index (χ1v) is 8.91. The van der Waals surface area contributed by atoms with Gasteiger partial charge in [-0.15, -0.1) is 0 Å². The lowest BCUT2D eigenvalue weighted by molar-refractivity contribution is -0.649. The van der Waals surface area contributed by atoms with Gasteiger partial charge in [0.25, 0.3) is 0 Å². The van der Waals surface area contributed by atoms with E-state index in [1.165, 1.54) is 5.52 Å². The second-order valence-electron chi connectivity index (χ2n) is 5.84. The van der Waals surface area contributed by atoms with Crippen molar-refractivity contribution in [1.29, 1.82) is 0 Å². The molecule has 4 aromatic rings. The fraction of sp³-hybridized carbons (Fsp3) is 0.150. The smallest absolute Gasteiger partial charge is 0.340 e. The van der Waals surface area contributed by atoms with Crippen LogP contribution in [0.2, 0.25) is 0 Å². The van der Waals surface area contributed by atoms with Gasteiger partial charge in [-0.3, -0.25) is 0 Å². The standard InChI is InChI=1S/C20H18N2OS/c1-3-22-17-15-11-7-8-12-16(15)18(23)13(2)19(17)24-20(22)21-14-9-5-4-6-10-14/h4-12,23H,3H2,1-2H3/p+1. The summed E-state index contributed by atoms with van der Waals surface area (Å²) in [5.74, 6) is 0.383. The van der Waals surface area contributed by atoms with Gasteiger partial charge in [-0.05, 0) is 43.4 Å². The highest BCUT2D eigenvalue weighted by molar-refractivity contribution is 7.22. The number of aromatic nitrogens is 1. The molecule has 4 rings (SSSR count). The van der Waals surface area contributed by atoms with E-state index >= 15 is 0 Å². The van der Waals surface area contributed by atoms with Crippen molar-refractivity contribution in [3.05, 3.63) is 60.2 Å². The summed E-state index contributed by atoms with van der Waals surface area (Å²) >= 11 is 1.69. The van der Waals surface area contributed by atoms with E-state index in [1.54, 1.807) is 11.3 Å². The Bertz CT molecular complexity index is 1040. The summed E-state index contributed by atoms with van der Waals surface area (Å²) in [6, 6.07) is 18.3. The third-order valence-electron chi connectivity index (χ3n) is 4.40. The minimum Gasteiger partial charge on any atom is -0.507 e. The highest BCUT2D eigenvalue weighted by atomic mass is 32.1. The zero-order chi connectivity index (χ0) is 16.7. The third-order valence-corrected chi connectivity index (χ3v) is 5.62. The Kier molecular flexibility index (Phi) is 3.62. The predicted octanol–water partition coefficient (Wildman–Crippen LogP) is 5.12. The summed E-state index contributed by atoms with van der Waals surface area (Å²) in [6.45, 7) is 5.01. The molecule has 3 nitrogen and oxygen atoms in total. The van der Waals surface area contributed by atoms with Crippen molar-refractivity contribution in [2.24, 2.45) is 0 Å². The van der Waals surface area contributed by atoms with E-state index in [1.807, 2.05) is 43.3 Å². The normalized spacial score (nSPS) is 11.2. The zero-order valence-electron chi connectivity index (χ0n) is 13.7. The van der Waals surface area contributed by atoms with Gasteiger partial charge in [0.05, 0.1) is 11.2 Å². The number of hydrogen-bond donors (Lipinski definition) is 2. The molecule has 0 aliphatic rings. The number of anilines is 2. The monoisotopic (exact) mass is 335 g/mol. The number of rotatable bonds is 3. The number of aromatic hydroxyl groups is 1. The molecule has 1 heterocycles. The highest BCUT2D eigenvalue weighted by Gasteiger charge is 2.23. The number of nitrogens with zero attached hydrogens (tertiary/aromatic N) is 1. The summed E-state index contributed by atoms with van der Waals surface area (Å²) < 4.78 is 3.42. The third kappa shape index (κ3) is 2.22. The molecule has 0 amide bonds. The summed E-state index contributed by atoms with van der Waals surface area (Å²) in [5.41, 5.74) is 3.20. The number of hydrogen-bond acceptors (Lipinski definition) is 3. The van der Waals surface area contributed by atoms with Gasteiger partial charge in [-0.1, -0.05) is 36.4 Å². The maximum Gasteiger partial charge on any atom is 0.340 e. The minimum absolute atomic E-state index is 0.383. The molecule has 2 N–H and O–H groups in total. The Labute approximate surface area is 144 Å². The van der Waals surface area contributed by atoms with E-state index in [0.717, 1.165) is 38.4 Å². The Hall–Kier alpha value is -2.59. The van der Waals surface area contributed by atoms with Crippen molar-refractivity contribution in [2.45, 2.75) is 20.4 Å². The van der Waals surface area contributed by atoms with Crippen LogP contribution in [0.1, 0.15) is 12.5 Å². The van der Waals surface area contributed by atoms with E-state index < -0.39 is 0 Å². The van der Waals surface area contributed by atoms with Crippen LogP contribution in [0.3, 0.4) is 0 Å². The van der Waals surface area contributed by atoms with Gasteiger partial charge < -0.3 is 5.11 Å². The molecule has 0 unspecified atom stereocenters. The summed E-state index contributed by atoms with van der Waals surface area (Å²) in [5, 5.41) is 17.2. The Morgan fingerprint density at radius 2 is 1.67 bits per heavy atom. The van der Waals surface area contributed by atoms with Crippen LogP contribution in [0.25, 0.3) is 21.0 Å². The second-order valence-corrected chi connectivity index (χ2v) is 6.84. The first-order chi connectivity index (χ1) is 11.7. The fourth-order valence-electron chi connectivity index (χ4n) is 3.19. The molecule has 0 radical (unpaired) electrons. The van der Waals surface area contributed by atoms with Crippen LogP contribution < -0.4 is 9.88 Å². The average Bonchev–Trinajstić information content (AvgIpc) is 2.99. The molecule has 0 spiro atoms. The molecule has 0 bridgehead atoms. The van der Waals surface area contributed by atoms with Crippen LogP contribution in [0, 0.1) is 6.92 Å². The van der Waals surface area contributed by atoms with Gasteiger partial charge in [0.2, 0.25) is 0 Å². The molecule has 1 aromatic heterocycles. The van der Waals surface area contributed by atoms with Gasteiger partial charge >= 0.3 is 5.13 Å². The lowest BCUT2D eigenvalue weighted by Crippen LogP contribution is -2.33.